The van der Waals surface area contributed by atoms with Crippen molar-refractivity contribution in [1.29, 1.82) is 0 Å². The molecule has 0 aliphatic carbocycles. The summed E-state index contributed by atoms with van der Waals surface area (Å²) < 4.78 is 28.9. The number of aliphatic hydroxyl groups excluding tert-OH is 8. The van der Waals surface area contributed by atoms with Crippen LogP contribution < -0.4 is 16.0 Å². The van der Waals surface area contributed by atoms with E-state index in [1.165, 1.54) is 20.8 Å². The number of aliphatic hydroxyl groups is 8. The monoisotopic (exact) mass is 771 g/mol. The zero-order valence-corrected chi connectivity index (χ0v) is 29.8. The van der Waals surface area contributed by atoms with E-state index in [-0.39, 0.29) is 26.4 Å². The summed E-state index contributed by atoms with van der Waals surface area (Å²) in [5, 5.41) is 89.2. The molecule has 0 aromatic carbocycles. The van der Waals surface area contributed by atoms with E-state index in [2.05, 4.69) is 16.0 Å². The fraction of sp³-hybridized carbons (Fsp3) is 0.871. The Morgan fingerprint density at radius 1 is 0.604 bits per heavy atom. The average Bonchev–Trinajstić information content (AvgIpc) is 3.09. The van der Waals surface area contributed by atoms with Crippen molar-refractivity contribution in [2.45, 2.75) is 113 Å². The predicted octanol–water partition coefficient (Wildman–Crippen LogP) is -6.70. The summed E-state index contributed by atoms with van der Waals surface area (Å²) >= 11 is 0. The van der Waals surface area contributed by atoms with Crippen molar-refractivity contribution in [1.82, 2.24) is 16.0 Å². The largest absolute Gasteiger partial charge is 0.394 e. The van der Waals surface area contributed by atoms with Crippen molar-refractivity contribution in [3.8, 4) is 0 Å². The molecule has 11 N–H and O–H groups in total. The normalized spacial score (nSPS) is 38.0. The summed E-state index contributed by atoms with van der Waals surface area (Å²) in [5.74, 6) is -4.94. The first-order valence-corrected chi connectivity index (χ1v) is 17.1. The van der Waals surface area contributed by atoms with Crippen LogP contribution in [0, 0.1) is 11.8 Å². The SMILES string of the molecule is CC(=O)NC1[C@H](COC[C@H]2C(CO)O[C@@H](COC[C@@H]3C(CO)O[C@@H](O)C(NC(C)=O)[C@H]3O)C(NC(C)=O)[C@H]2OOC(=O)C(C)O)OC(CO)[C@@H](O)[C@@H]1O. The van der Waals surface area contributed by atoms with Gasteiger partial charge >= 0.3 is 5.97 Å². The van der Waals surface area contributed by atoms with E-state index in [0.29, 0.717) is 0 Å². The molecule has 3 aliphatic heterocycles. The second kappa shape index (κ2) is 20.8. The lowest BCUT2D eigenvalue weighted by atomic mass is 9.85. The van der Waals surface area contributed by atoms with Gasteiger partial charge in [-0.25, -0.2) is 4.79 Å². The zero-order chi connectivity index (χ0) is 39.6. The molecule has 22 nitrogen and oxygen atoms in total. The van der Waals surface area contributed by atoms with Gasteiger partial charge in [-0.1, -0.05) is 0 Å². The minimum Gasteiger partial charge on any atom is -0.394 e. The van der Waals surface area contributed by atoms with Crippen LogP contribution in [0.5, 0.6) is 0 Å². The molecule has 0 bridgehead atoms. The first-order valence-electron chi connectivity index (χ1n) is 17.1. The molecule has 3 saturated heterocycles. The smallest absolute Gasteiger partial charge is 0.370 e. The first-order chi connectivity index (χ1) is 25.0. The number of hydrogen-bond acceptors (Lipinski definition) is 19. The van der Waals surface area contributed by atoms with Crippen LogP contribution in [0.25, 0.3) is 0 Å². The summed E-state index contributed by atoms with van der Waals surface area (Å²) in [4.78, 5) is 58.5. The molecule has 0 aromatic heterocycles. The number of carbonyl (C=O) groups is 4. The highest BCUT2D eigenvalue weighted by molar-refractivity contribution is 5.74. The van der Waals surface area contributed by atoms with Gasteiger partial charge < -0.3 is 80.5 Å². The van der Waals surface area contributed by atoms with Crippen LogP contribution in [-0.4, -0.2) is 196 Å². The Balaban J connectivity index is 1.83. The number of ether oxygens (including phenoxy) is 5. The fourth-order valence-corrected chi connectivity index (χ4v) is 6.52. The van der Waals surface area contributed by atoms with Gasteiger partial charge in [0.25, 0.3) is 0 Å². The van der Waals surface area contributed by atoms with Gasteiger partial charge in [0, 0.05) is 32.6 Å². The fourth-order valence-electron chi connectivity index (χ4n) is 6.52. The first kappa shape index (κ1) is 44.7. The quantitative estimate of drug-likeness (QED) is 0.0483. The molecular formula is C31H53N3O19. The van der Waals surface area contributed by atoms with Gasteiger partial charge in [-0.15, -0.1) is 0 Å². The molecule has 306 valence electrons. The molecule has 0 aromatic rings. The Morgan fingerprint density at radius 2 is 1.08 bits per heavy atom. The number of nitrogens with one attached hydrogen (secondary N) is 3. The Labute approximate surface area is 304 Å². The molecule has 3 amide bonds. The number of hydrogen-bond donors (Lipinski definition) is 11. The molecule has 3 heterocycles. The molecule has 3 rings (SSSR count). The van der Waals surface area contributed by atoms with E-state index in [9.17, 15) is 60.0 Å². The van der Waals surface area contributed by atoms with Crippen LogP contribution in [0.15, 0.2) is 0 Å². The van der Waals surface area contributed by atoms with E-state index >= 15 is 0 Å². The Morgan fingerprint density at radius 3 is 1.60 bits per heavy atom. The van der Waals surface area contributed by atoms with Crippen LogP contribution in [0.1, 0.15) is 27.7 Å². The van der Waals surface area contributed by atoms with Gasteiger partial charge in [0.2, 0.25) is 17.7 Å². The highest BCUT2D eigenvalue weighted by atomic mass is 17.2. The maximum atomic E-state index is 12.4. The summed E-state index contributed by atoms with van der Waals surface area (Å²) in [5.41, 5.74) is 0. The van der Waals surface area contributed by atoms with Crippen LogP contribution in [0.3, 0.4) is 0 Å². The average molecular weight is 772 g/mol. The molecule has 0 radical (unpaired) electrons. The van der Waals surface area contributed by atoms with E-state index in [1.54, 1.807) is 0 Å². The highest BCUT2D eigenvalue weighted by Gasteiger charge is 2.50. The summed E-state index contributed by atoms with van der Waals surface area (Å²) in [7, 11) is 0. The van der Waals surface area contributed by atoms with Crippen LogP contribution in [0.2, 0.25) is 0 Å². The minimum absolute atomic E-state index is 0.326. The Kier molecular flexibility index (Phi) is 17.6. The maximum absolute atomic E-state index is 12.4. The van der Waals surface area contributed by atoms with Crippen molar-refractivity contribution in [2.24, 2.45) is 11.8 Å². The molecule has 0 saturated carbocycles. The van der Waals surface area contributed by atoms with Crippen molar-refractivity contribution >= 4 is 23.7 Å². The maximum Gasteiger partial charge on any atom is 0.370 e. The van der Waals surface area contributed by atoms with Gasteiger partial charge in [-0.05, 0) is 6.92 Å². The Hall–Kier alpha value is -2.68. The number of amides is 3. The van der Waals surface area contributed by atoms with Crippen LogP contribution in [-0.2, 0) is 52.6 Å². The Bertz CT molecular complexity index is 1200. The molecule has 22 heteroatoms. The van der Waals surface area contributed by atoms with Gasteiger partial charge in [0.05, 0.1) is 76.6 Å². The topological polar surface area (TPSA) is 331 Å². The van der Waals surface area contributed by atoms with Gasteiger partial charge in [-0.2, -0.15) is 4.89 Å². The molecule has 3 fully saturated rings. The van der Waals surface area contributed by atoms with E-state index in [4.69, 9.17) is 33.5 Å². The third kappa shape index (κ3) is 11.9. The van der Waals surface area contributed by atoms with Crippen LogP contribution in [0.4, 0.5) is 0 Å². The summed E-state index contributed by atoms with van der Waals surface area (Å²) in [6.07, 6.45) is -14.9. The molecule has 0 spiro atoms. The second-order valence-electron chi connectivity index (χ2n) is 13.2. The molecule has 16 atom stereocenters. The second-order valence-corrected chi connectivity index (χ2v) is 13.2. The molecular weight excluding hydrogens is 718 g/mol. The zero-order valence-electron chi connectivity index (χ0n) is 29.8. The third-order valence-electron chi connectivity index (χ3n) is 9.18. The minimum atomic E-state index is -1.63. The van der Waals surface area contributed by atoms with Crippen molar-refractivity contribution in [3.63, 3.8) is 0 Å². The lowest BCUT2D eigenvalue weighted by molar-refractivity contribution is -0.342. The molecule has 7 unspecified atom stereocenters. The summed E-state index contributed by atoms with van der Waals surface area (Å²) in [6.45, 7) is 1.27. The van der Waals surface area contributed by atoms with Crippen molar-refractivity contribution in [3.05, 3.63) is 0 Å². The highest BCUT2D eigenvalue weighted by Crippen LogP contribution is 2.32. The van der Waals surface area contributed by atoms with Gasteiger partial charge in [0.15, 0.2) is 12.4 Å². The predicted molar refractivity (Wildman–Crippen MR) is 172 cm³/mol. The van der Waals surface area contributed by atoms with E-state index in [1.807, 2.05) is 0 Å². The number of rotatable bonds is 17. The van der Waals surface area contributed by atoms with E-state index in [0.717, 1.165) is 6.92 Å². The standard InChI is InChI=1S/C31H53N3O19/c1-12(38)30(45)53-52-29-17(9-48-10-21-23(32-13(2)39)28(44)27(43)20(7-37)50-21)19(6-36)49-22(24(29)33-14(3)40)11-47-8-16-18(5-35)51-31(46)25(26(16)42)34-15(4)41/h12,16-29,31,35-38,42-44,46H,5-11H2,1-4H3,(H,32,39)(H,33,40)(H,34,41)/t12?,16-,17+,18?,19?,20?,21+,22+,23?,24?,25?,26+,27-,28-,29+,31-/m1/s1. The van der Waals surface area contributed by atoms with Crippen molar-refractivity contribution in [2.75, 3.05) is 46.2 Å². The third-order valence-corrected chi connectivity index (χ3v) is 9.18. The molecule has 53 heavy (non-hydrogen) atoms. The van der Waals surface area contributed by atoms with E-state index < -0.39 is 141 Å². The number of carbonyl (C=O) groups excluding carboxylic acids is 4. The lowest BCUT2D eigenvalue weighted by Crippen LogP contribution is -2.66. The summed E-state index contributed by atoms with van der Waals surface area (Å²) in [6, 6.07) is -3.61. The molecule has 3 aliphatic rings. The van der Waals surface area contributed by atoms with Crippen LogP contribution >= 0.6 is 0 Å². The van der Waals surface area contributed by atoms with Crippen molar-refractivity contribution < 1.29 is 93.5 Å². The van der Waals surface area contributed by atoms with Gasteiger partial charge in [-0.3, -0.25) is 19.3 Å². The van der Waals surface area contributed by atoms with Gasteiger partial charge in [0.1, 0.15) is 42.7 Å². The lowest BCUT2D eigenvalue weighted by Gasteiger charge is -2.46.